The molecule has 0 fully saturated rings. The van der Waals surface area contributed by atoms with Crippen LogP contribution in [0.25, 0.3) is 11.4 Å². The first-order chi connectivity index (χ1) is 26.0. The fourth-order valence-corrected chi connectivity index (χ4v) is 5.22. The SMILES string of the molecule is Cc1cc(N=Nc2c(C)nn(-c3ccc(S(=O)(=O)[O-])cc3)c2[O-])c([O-])c([N+](=O)[O-])c1.Cc1nn(-c2ccccc2)c([O-])c1N=Nc1cc([N+](=O)[O-])ccc1[O-].[Cr+3].[H+].[H+]. The van der Waals surface area contributed by atoms with Gasteiger partial charge < -0.3 is 25.0 Å². The van der Waals surface area contributed by atoms with E-state index in [0.717, 1.165) is 41.1 Å². The number of para-hydroxylation sites is 1. The van der Waals surface area contributed by atoms with Gasteiger partial charge in [-0.3, -0.25) is 20.2 Å². The number of benzene rings is 4. The van der Waals surface area contributed by atoms with E-state index in [9.17, 15) is 53.6 Å². The van der Waals surface area contributed by atoms with Gasteiger partial charge in [-0.25, -0.2) is 17.8 Å². The molecule has 2 aromatic heterocycles. The zero-order chi connectivity index (χ0) is 40.2. The van der Waals surface area contributed by atoms with Gasteiger partial charge in [-0.1, -0.05) is 30.0 Å². The fraction of sp³-hybridized carbons (Fsp3) is 0.0909. The van der Waals surface area contributed by atoms with Crippen molar-refractivity contribution in [2.45, 2.75) is 25.7 Å². The smallest absolute Gasteiger partial charge is 0.871 e. The number of non-ortho nitro benzene ring substituents is 1. The van der Waals surface area contributed by atoms with Crippen molar-refractivity contribution < 1.29 is 63.5 Å². The van der Waals surface area contributed by atoms with E-state index in [1.54, 1.807) is 38.1 Å². The summed E-state index contributed by atoms with van der Waals surface area (Å²) in [4.78, 5) is 19.8. The van der Waals surface area contributed by atoms with E-state index in [4.69, 9.17) is 0 Å². The van der Waals surface area contributed by atoms with Gasteiger partial charge in [0.2, 0.25) is 0 Å². The predicted molar refractivity (Wildman–Crippen MR) is 184 cm³/mol. The Morgan fingerprint density at radius 2 is 1.18 bits per heavy atom. The van der Waals surface area contributed by atoms with E-state index in [-0.39, 0.29) is 60.0 Å². The molecule has 0 N–H and O–H groups in total. The molecular weight excluding hydrogens is 796 g/mol. The van der Waals surface area contributed by atoms with Gasteiger partial charge in [-0.2, -0.15) is 20.4 Å². The van der Waals surface area contributed by atoms with E-state index in [1.807, 2.05) is 6.07 Å². The van der Waals surface area contributed by atoms with E-state index in [1.165, 1.54) is 29.8 Å². The van der Waals surface area contributed by atoms with Crippen LogP contribution in [0.1, 0.15) is 19.8 Å². The third-order valence-corrected chi connectivity index (χ3v) is 8.26. The molecule has 0 amide bonds. The summed E-state index contributed by atoms with van der Waals surface area (Å²) in [5.41, 5.74) is -0.0790. The Morgan fingerprint density at radius 1 is 0.661 bits per heavy atom. The van der Waals surface area contributed by atoms with Gasteiger partial charge in [-0.15, -0.1) is 10.2 Å². The molecule has 0 atom stereocenters. The van der Waals surface area contributed by atoms with E-state index in [0.29, 0.717) is 16.9 Å². The molecule has 285 valence electrons. The molecule has 1 radical (unpaired) electrons. The van der Waals surface area contributed by atoms with E-state index < -0.39 is 53.8 Å². The van der Waals surface area contributed by atoms with Gasteiger partial charge in [-0.05, 0) is 68.8 Å². The first kappa shape index (κ1) is 41.7. The summed E-state index contributed by atoms with van der Waals surface area (Å²) < 4.78 is 35.1. The summed E-state index contributed by atoms with van der Waals surface area (Å²) in [5, 5.41) is 93.7. The van der Waals surface area contributed by atoms with Crippen molar-refractivity contribution in [1.82, 2.24) is 19.6 Å². The Hall–Kier alpha value is -7.06. The van der Waals surface area contributed by atoms with Gasteiger partial charge in [0.15, 0.2) is 0 Å². The van der Waals surface area contributed by atoms with Crippen LogP contribution >= 0.6 is 0 Å². The number of nitro groups is 2. The van der Waals surface area contributed by atoms with Crippen molar-refractivity contribution in [2.24, 2.45) is 20.5 Å². The molecule has 0 aliphatic heterocycles. The Morgan fingerprint density at radius 3 is 1.68 bits per heavy atom. The van der Waals surface area contributed by atoms with Gasteiger partial charge in [0.05, 0.1) is 48.9 Å². The van der Waals surface area contributed by atoms with Crippen LogP contribution < -0.4 is 20.4 Å². The minimum Gasteiger partial charge on any atom is -0.871 e. The van der Waals surface area contributed by atoms with Gasteiger partial charge in [0.1, 0.15) is 21.5 Å². The summed E-state index contributed by atoms with van der Waals surface area (Å²) in [5.74, 6) is -2.69. The second-order valence-electron chi connectivity index (χ2n) is 11.3. The van der Waals surface area contributed by atoms with Crippen LogP contribution in [0.15, 0.2) is 110 Å². The standard InChI is InChI=1S/C17H15N5O7S.C16H13N5O4.Cr/c1-9-7-13(16(23)14(8-9)22(25)26)18-19-15-10(2)20-21(17(15)24)11-3-5-12(6-4-11)30(27,28)29;1-10-15(16(23)20(19-10)11-5-3-2-4-6-11)18-17-13-9-12(21(24)25)7-8-14(13)22;/h3-8,23-24H,1-2H3,(H,27,28,29);2-9,22-23H,1H3;/q;;+3/p-3. The maximum absolute atomic E-state index is 12.6. The number of nitro benzene ring substituents is 2. The molecule has 6 aromatic rings. The number of azo groups is 2. The Balaban J connectivity index is 0.000000386. The first-order valence-electron chi connectivity index (χ1n) is 15.4. The van der Waals surface area contributed by atoms with Crippen LogP contribution in [-0.4, -0.2) is 42.4 Å². The molecule has 21 nitrogen and oxygen atoms in total. The number of aromatic nitrogens is 4. The predicted octanol–water partition coefficient (Wildman–Crippen LogP) is 4.74. The molecule has 2 heterocycles. The second-order valence-corrected chi connectivity index (χ2v) is 12.7. The van der Waals surface area contributed by atoms with Gasteiger partial charge in [0, 0.05) is 35.7 Å². The normalized spacial score (nSPS) is 11.3. The summed E-state index contributed by atoms with van der Waals surface area (Å²) in [6, 6.07) is 18.8. The number of nitrogens with zero attached hydrogens (tertiary/aromatic N) is 10. The molecule has 0 spiro atoms. The van der Waals surface area contributed by atoms with Crippen LogP contribution in [0.4, 0.5) is 34.1 Å². The molecule has 23 heteroatoms. The van der Waals surface area contributed by atoms with Crippen LogP contribution in [-0.2, 0) is 27.5 Å². The Kier molecular flexibility index (Phi) is 12.6. The van der Waals surface area contributed by atoms with Gasteiger partial charge >= 0.3 is 20.2 Å². The molecule has 4 aromatic carbocycles. The summed E-state index contributed by atoms with van der Waals surface area (Å²) in [6.07, 6.45) is 0. The second kappa shape index (κ2) is 17.0. The van der Waals surface area contributed by atoms with Crippen molar-refractivity contribution >= 4 is 44.2 Å². The van der Waals surface area contributed by atoms with Gasteiger partial charge in [0.25, 0.3) is 11.4 Å². The number of aryl methyl sites for hydroxylation is 3. The molecule has 0 bridgehead atoms. The minimum absolute atomic E-state index is 0. The number of hydrogen-bond donors (Lipinski definition) is 0. The summed E-state index contributed by atoms with van der Waals surface area (Å²) in [7, 11) is -4.64. The largest absolute Gasteiger partial charge is 3.00 e. The van der Waals surface area contributed by atoms with Crippen LogP contribution in [0.2, 0.25) is 0 Å². The summed E-state index contributed by atoms with van der Waals surface area (Å²) in [6.45, 7) is 4.58. The van der Waals surface area contributed by atoms with E-state index in [2.05, 4.69) is 30.7 Å². The van der Waals surface area contributed by atoms with Crippen molar-refractivity contribution in [2.75, 3.05) is 0 Å². The minimum atomic E-state index is -4.64. The third-order valence-electron chi connectivity index (χ3n) is 7.41. The average Bonchev–Trinajstić information content (AvgIpc) is 3.59. The third kappa shape index (κ3) is 9.17. The molecule has 0 saturated carbocycles. The Labute approximate surface area is 329 Å². The molecule has 0 aliphatic rings. The fourth-order valence-electron chi connectivity index (χ4n) is 4.75. The zero-order valence-corrected chi connectivity index (χ0v) is 31.0. The quantitative estimate of drug-likeness (QED) is 0.0824. The monoisotopic (exact) mass is 821 g/mol. The van der Waals surface area contributed by atoms with Crippen molar-refractivity contribution in [3.63, 3.8) is 0 Å². The van der Waals surface area contributed by atoms with Crippen LogP contribution in [0.3, 0.4) is 0 Å². The molecule has 0 aliphatic carbocycles. The molecule has 6 rings (SSSR count). The van der Waals surface area contributed by atoms with Crippen LogP contribution in [0, 0.1) is 41.0 Å². The van der Waals surface area contributed by atoms with E-state index >= 15 is 0 Å². The Bertz CT molecular complexity index is 2630. The number of rotatable bonds is 9. The van der Waals surface area contributed by atoms with Crippen molar-refractivity contribution in [3.05, 3.63) is 122 Å². The molecule has 0 saturated heterocycles. The number of hydrogen-bond acceptors (Lipinski definition) is 17. The zero-order valence-electron chi connectivity index (χ0n) is 30.9. The average molecular weight is 822 g/mol. The molecule has 56 heavy (non-hydrogen) atoms. The maximum Gasteiger partial charge on any atom is 3.00 e. The first-order valence-corrected chi connectivity index (χ1v) is 16.8. The summed E-state index contributed by atoms with van der Waals surface area (Å²) >= 11 is 0. The molecule has 0 unspecified atom stereocenters. The van der Waals surface area contributed by atoms with Crippen molar-refractivity contribution in [1.29, 1.82) is 0 Å². The topological polar surface area (TPSA) is 321 Å². The maximum atomic E-state index is 12.6. The van der Waals surface area contributed by atoms with Crippen LogP contribution in [0.5, 0.6) is 23.3 Å². The molecular formula is C33H25CrN10O11S. The van der Waals surface area contributed by atoms with Crippen molar-refractivity contribution in [3.8, 4) is 34.6 Å².